The van der Waals surface area contributed by atoms with E-state index in [1.54, 1.807) is 0 Å². The molecule has 98 valence electrons. The summed E-state index contributed by atoms with van der Waals surface area (Å²) in [6.45, 7) is 4.06. The van der Waals surface area contributed by atoms with Gasteiger partial charge in [0.15, 0.2) is 5.44 Å². The maximum Gasteiger partial charge on any atom is 0.303 e. The molecule has 0 fully saturated rings. The van der Waals surface area contributed by atoms with Crippen LogP contribution in [0.1, 0.15) is 20.8 Å². The molecule has 1 unspecified atom stereocenters. The van der Waals surface area contributed by atoms with Crippen LogP contribution in [0.2, 0.25) is 0 Å². The second kappa shape index (κ2) is 8.86. The first-order valence-electron chi connectivity index (χ1n) is 4.97. The lowest BCUT2D eigenvalue weighted by Crippen LogP contribution is -2.21. The molecule has 0 aliphatic heterocycles. The third-order valence-corrected chi connectivity index (χ3v) is 2.42. The summed E-state index contributed by atoms with van der Waals surface area (Å²) >= 11 is 1.24. The van der Waals surface area contributed by atoms with E-state index in [1.165, 1.54) is 32.5 Å². The van der Waals surface area contributed by atoms with Crippen molar-refractivity contribution in [2.75, 3.05) is 19.0 Å². The first-order valence-corrected chi connectivity index (χ1v) is 6.02. The molecule has 0 rings (SSSR count). The Morgan fingerprint density at radius 1 is 1.00 bits per heavy atom. The maximum atomic E-state index is 10.8. The van der Waals surface area contributed by atoms with Crippen LogP contribution in [0.15, 0.2) is 0 Å². The topological polar surface area (TPSA) is 78.9 Å². The molecule has 0 saturated heterocycles. The van der Waals surface area contributed by atoms with Gasteiger partial charge in [-0.1, -0.05) is 0 Å². The molecule has 0 aromatic heterocycles. The number of rotatable bonds is 7. The third kappa shape index (κ3) is 11.0. The van der Waals surface area contributed by atoms with E-state index < -0.39 is 17.4 Å². The number of thioether (sulfide) groups is 1. The summed E-state index contributed by atoms with van der Waals surface area (Å²) in [5.41, 5.74) is -0.577. The molecular weight excluding hydrogens is 248 g/mol. The molecule has 0 aliphatic carbocycles. The van der Waals surface area contributed by atoms with E-state index in [4.69, 9.17) is 14.2 Å². The highest BCUT2D eigenvalue weighted by molar-refractivity contribution is 7.99. The van der Waals surface area contributed by atoms with E-state index in [2.05, 4.69) is 0 Å². The average molecular weight is 264 g/mol. The highest BCUT2D eigenvalue weighted by Crippen LogP contribution is 2.13. The summed E-state index contributed by atoms with van der Waals surface area (Å²) in [6, 6.07) is 0. The fourth-order valence-electron chi connectivity index (χ4n) is 0.852. The maximum absolute atomic E-state index is 10.8. The fourth-order valence-corrected chi connectivity index (χ4v) is 1.66. The van der Waals surface area contributed by atoms with Gasteiger partial charge in [0.05, 0.1) is 0 Å². The molecule has 7 heteroatoms. The molecule has 0 N–H and O–H groups in total. The molecule has 17 heavy (non-hydrogen) atoms. The van der Waals surface area contributed by atoms with Crippen molar-refractivity contribution < 1.29 is 28.6 Å². The van der Waals surface area contributed by atoms with E-state index in [1.807, 2.05) is 0 Å². The van der Waals surface area contributed by atoms with Crippen molar-refractivity contribution in [1.82, 2.24) is 0 Å². The Hall–Kier alpha value is -1.24. The number of esters is 3. The van der Waals surface area contributed by atoms with E-state index in [0.717, 1.165) is 0 Å². The van der Waals surface area contributed by atoms with Gasteiger partial charge in [-0.2, -0.15) is 0 Å². The van der Waals surface area contributed by atoms with Gasteiger partial charge < -0.3 is 14.2 Å². The van der Waals surface area contributed by atoms with Crippen LogP contribution in [-0.4, -0.2) is 42.3 Å². The Labute approximate surface area is 104 Å². The van der Waals surface area contributed by atoms with Gasteiger partial charge in [-0.15, -0.1) is 11.8 Å². The minimum Gasteiger partial charge on any atom is -0.465 e. The van der Waals surface area contributed by atoms with Gasteiger partial charge in [-0.05, 0) is 0 Å². The van der Waals surface area contributed by atoms with Crippen molar-refractivity contribution in [3.63, 3.8) is 0 Å². The molecule has 1 atom stereocenters. The van der Waals surface area contributed by atoms with Crippen molar-refractivity contribution in [2.45, 2.75) is 26.2 Å². The van der Waals surface area contributed by atoms with Crippen molar-refractivity contribution in [3.8, 4) is 0 Å². The summed E-state index contributed by atoms with van der Waals surface area (Å²) in [5, 5.41) is 0. The predicted molar refractivity (Wildman–Crippen MR) is 61.3 cm³/mol. The van der Waals surface area contributed by atoms with Crippen molar-refractivity contribution >= 4 is 29.7 Å². The zero-order chi connectivity index (χ0) is 13.3. The monoisotopic (exact) mass is 264 g/mol. The third-order valence-electron chi connectivity index (χ3n) is 1.41. The molecule has 0 aromatic carbocycles. The van der Waals surface area contributed by atoms with Gasteiger partial charge in [-0.25, -0.2) is 0 Å². The minimum atomic E-state index is -0.577. The zero-order valence-electron chi connectivity index (χ0n) is 10.1. The largest absolute Gasteiger partial charge is 0.465 e. The van der Waals surface area contributed by atoms with Crippen LogP contribution in [0.25, 0.3) is 0 Å². The van der Waals surface area contributed by atoms with Gasteiger partial charge in [0.1, 0.15) is 13.2 Å². The Morgan fingerprint density at radius 3 is 2.06 bits per heavy atom. The first kappa shape index (κ1) is 15.8. The standard InChI is InChI=1S/C10H16O6S/c1-7(11)14-4-5-17-10(16-9(3)13)6-15-8(2)12/h10H,4-6H2,1-3H3. The molecule has 0 bridgehead atoms. The normalized spacial score (nSPS) is 11.5. The van der Waals surface area contributed by atoms with E-state index in [0.29, 0.717) is 5.75 Å². The Kier molecular flexibility index (Phi) is 8.21. The Bertz CT molecular complexity index is 278. The molecule has 0 saturated carbocycles. The minimum absolute atomic E-state index is 0.0142. The summed E-state index contributed by atoms with van der Waals surface area (Å²) in [6.07, 6.45) is 0. The second-order valence-corrected chi connectivity index (χ2v) is 4.32. The van der Waals surface area contributed by atoms with Gasteiger partial charge in [-0.3, -0.25) is 14.4 Å². The number of carbonyl (C=O) groups is 3. The smallest absolute Gasteiger partial charge is 0.303 e. The highest BCUT2D eigenvalue weighted by Gasteiger charge is 2.14. The molecule has 0 amide bonds. The van der Waals surface area contributed by atoms with Crippen molar-refractivity contribution in [3.05, 3.63) is 0 Å². The second-order valence-electron chi connectivity index (χ2n) is 3.05. The number of hydrogen-bond acceptors (Lipinski definition) is 7. The lowest BCUT2D eigenvalue weighted by molar-refractivity contribution is -0.151. The first-order chi connectivity index (χ1) is 7.91. The molecule has 0 spiro atoms. The van der Waals surface area contributed by atoms with Gasteiger partial charge >= 0.3 is 17.9 Å². The zero-order valence-corrected chi connectivity index (χ0v) is 10.9. The molecular formula is C10H16O6S. The van der Waals surface area contributed by atoms with Crippen LogP contribution in [-0.2, 0) is 28.6 Å². The lowest BCUT2D eigenvalue weighted by Gasteiger charge is -2.15. The summed E-state index contributed by atoms with van der Waals surface area (Å²) in [7, 11) is 0. The van der Waals surface area contributed by atoms with E-state index in [9.17, 15) is 14.4 Å². The quantitative estimate of drug-likeness (QED) is 0.290. The van der Waals surface area contributed by atoms with E-state index in [-0.39, 0.29) is 19.2 Å². The van der Waals surface area contributed by atoms with Crippen molar-refractivity contribution in [1.29, 1.82) is 0 Å². The lowest BCUT2D eigenvalue weighted by atomic mass is 10.7. The van der Waals surface area contributed by atoms with Crippen LogP contribution >= 0.6 is 11.8 Å². The van der Waals surface area contributed by atoms with Crippen molar-refractivity contribution in [2.24, 2.45) is 0 Å². The van der Waals surface area contributed by atoms with Crippen LogP contribution in [0, 0.1) is 0 Å². The fraction of sp³-hybridized carbons (Fsp3) is 0.700. The average Bonchev–Trinajstić information content (AvgIpc) is 2.19. The Balaban J connectivity index is 3.88. The molecule has 0 aromatic rings. The van der Waals surface area contributed by atoms with Gasteiger partial charge in [0.25, 0.3) is 0 Å². The van der Waals surface area contributed by atoms with Crippen LogP contribution < -0.4 is 0 Å². The van der Waals surface area contributed by atoms with Gasteiger partial charge in [0, 0.05) is 26.5 Å². The molecule has 0 heterocycles. The number of ether oxygens (including phenoxy) is 3. The molecule has 6 nitrogen and oxygen atoms in total. The Morgan fingerprint density at radius 2 is 1.59 bits per heavy atom. The predicted octanol–water partition coefficient (Wildman–Crippen LogP) is 0.735. The highest BCUT2D eigenvalue weighted by atomic mass is 32.2. The summed E-state index contributed by atoms with van der Waals surface area (Å²) in [5.74, 6) is -0.807. The molecule has 0 aliphatic rings. The van der Waals surface area contributed by atoms with Crippen LogP contribution in [0.3, 0.4) is 0 Å². The van der Waals surface area contributed by atoms with E-state index >= 15 is 0 Å². The summed E-state index contributed by atoms with van der Waals surface area (Å²) in [4.78, 5) is 31.9. The van der Waals surface area contributed by atoms with Gasteiger partial charge in [0.2, 0.25) is 0 Å². The van der Waals surface area contributed by atoms with Crippen LogP contribution in [0.4, 0.5) is 0 Å². The number of hydrogen-bond donors (Lipinski definition) is 0. The summed E-state index contributed by atoms with van der Waals surface area (Å²) < 4.78 is 14.4. The number of carbonyl (C=O) groups excluding carboxylic acids is 3. The molecule has 0 radical (unpaired) electrons. The van der Waals surface area contributed by atoms with Crippen LogP contribution in [0.5, 0.6) is 0 Å². The SMILES string of the molecule is CC(=O)OCCSC(COC(C)=O)OC(C)=O.